The van der Waals surface area contributed by atoms with Crippen LogP contribution in [0, 0.1) is 24.5 Å². The van der Waals surface area contributed by atoms with Crippen molar-refractivity contribution in [3.05, 3.63) is 63.7 Å². The van der Waals surface area contributed by atoms with Gasteiger partial charge in [0.25, 0.3) is 5.91 Å². The molecule has 2 unspecified atom stereocenters. The van der Waals surface area contributed by atoms with E-state index in [0.29, 0.717) is 24.4 Å². The lowest BCUT2D eigenvalue weighted by molar-refractivity contribution is -0.117. The van der Waals surface area contributed by atoms with E-state index in [9.17, 15) is 18.4 Å². The number of halogens is 6. The number of nitrogens with one attached hydrogen (secondary N) is 2. The van der Waals surface area contributed by atoms with Crippen molar-refractivity contribution in [1.29, 1.82) is 0 Å². The summed E-state index contributed by atoms with van der Waals surface area (Å²) < 4.78 is 26.5. The number of benzene rings is 2. The Labute approximate surface area is 198 Å². The average Bonchev–Trinajstić information content (AvgIpc) is 3.28. The molecule has 2 amide bonds. The molecule has 1 fully saturated rings. The fourth-order valence-electron chi connectivity index (χ4n) is 3.36. The number of alkyl halides is 3. The molecule has 0 aromatic heterocycles. The maximum absolute atomic E-state index is 14.4. The molecule has 2 aromatic rings. The molecule has 0 radical (unpaired) electrons. The van der Waals surface area contributed by atoms with E-state index in [1.165, 1.54) is 37.3 Å². The number of anilines is 1. The van der Waals surface area contributed by atoms with Crippen molar-refractivity contribution in [3.63, 3.8) is 0 Å². The van der Waals surface area contributed by atoms with E-state index in [4.69, 9.17) is 46.4 Å². The summed E-state index contributed by atoms with van der Waals surface area (Å²) in [5.41, 5.74) is 0.719. The van der Waals surface area contributed by atoms with Gasteiger partial charge in [0.2, 0.25) is 5.91 Å². The van der Waals surface area contributed by atoms with Gasteiger partial charge in [-0.2, -0.15) is 0 Å². The summed E-state index contributed by atoms with van der Waals surface area (Å²) in [6.45, 7) is 1.77. The van der Waals surface area contributed by atoms with Gasteiger partial charge in [-0.25, -0.2) is 8.78 Å². The Bertz CT molecular complexity index is 1030. The third kappa shape index (κ3) is 5.08. The summed E-state index contributed by atoms with van der Waals surface area (Å²) in [7, 11) is 0. The minimum absolute atomic E-state index is 0.105. The van der Waals surface area contributed by atoms with Gasteiger partial charge in [-0.3, -0.25) is 9.59 Å². The Morgan fingerprint density at radius 1 is 1.16 bits per heavy atom. The van der Waals surface area contributed by atoms with Crippen molar-refractivity contribution in [2.24, 2.45) is 5.92 Å². The largest absolute Gasteiger partial charge is 0.352 e. The summed E-state index contributed by atoms with van der Waals surface area (Å²) in [4.78, 5) is 25.1. The predicted octanol–water partition coefficient (Wildman–Crippen LogP) is 5.81. The van der Waals surface area contributed by atoms with Crippen LogP contribution in [-0.2, 0) is 4.79 Å². The smallest absolute Gasteiger partial charge is 0.254 e. The molecule has 0 saturated heterocycles. The third-order valence-corrected chi connectivity index (χ3v) is 6.50. The molecule has 4 nitrogen and oxygen atoms in total. The molecule has 31 heavy (non-hydrogen) atoms. The number of hydrogen-bond donors (Lipinski definition) is 2. The summed E-state index contributed by atoms with van der Waals surface area (Å²) in [5.74, 6) is -3.50. The first-order valence-electron chi connectivity index (χ1n) is 9.35. The SMILES string of the molecule is Cc1cc(NC(=O)C2C(c3ccc(F)c(Cl)c3)C2(Cl)Cl)cc(C(=O)NCCCCl)c1F. The Hall–Kier alpha value is -1.60. The lowest BCUT2D eigenvalue weighted by Crippen LogP contribution is -2.26. The van der Waals surface area contributed by atoms with Crippen LogP contribution >= 0.6 is 46.4 Å². The van der Waals surface area contributed by atoms with Crippen LogP contribution in [-0.4, -0.2) is 28.6 Å². The molecule has 2 atom stereocenters. The Balaban J connectivity index is 1.78. The fourth-order valence-corrected chi connectivity index (χ4v) is 4.52. The van der Waals surface area contributed by atoms with Crippen molar-refractivity contribution < 1.29 is 18.4 Å². The maximum atomic E-state index is 14.4. The van der Waals surface area contributed by atoms with Crippen LogP contribution in [0.4, 0.5) is 14.5 Å². The van der Waals surface area contributed by atoms with Crippen LogP contribution in [0.15, 0.2) is 30.3 Å². The van der Waals surface area contributed by atoms with Gasteiger partial charge in [0, 0.05) is 24.0 Å². The van der Waals surface area contributed by atoms with Crippen LogP contribution in [0.2, 0.25) is 5.02 Å². The molecule has 0 heterocycles. The van der Waals surface area contributed by atoms with Gasteiger partial charge in [-0.05, 0) is 48.7 Å². The second kappa shape index (κ2) is 9.49. The second-order valence-corrected chi connectivity index (χ2v) is 9.48. The van der Waals surface area contributed by atoms with E-state index in [1.807, 2.05) is 0 Å². The molecule has 2 aromatic carbocycles. The topological polar surface area (TPSA) is 58.2 Å². The lowest BCUT2D eigenvalue weighted by Gasteiger charge is -2.11. The first-order chi connectivity index (χ1) is 14.6. The van der Waals surface area contributed by atoms with E-state index in [1.54, 1.807) is 0 Å². The van der Waals surface area contributed by atoms with E-state index in [2.05, 4.69) is 10.6 Å². The van der Waals surface area contributed by atoms with Crippen LogP contribution in [0.1, 0.15) is 33.8 Å². The van der Waals surface area contributed by atoms with Gasteiger partial charge < -0.3 is 10.6 Å². The highest BCUT2D eigenvalue weighted by atomic mass is 35.5. The van der Waals surface area contributed by atoms with Crippen LogP contribution in [0.25, 0.3) is 0 Å². The van der Waals surface area contributed by atoms with E-state index in [0.717, 1.165) is 0 Å². The van der Waals surface area contributed by atoms with Gasteiger partial charge >= 0.3 is 0 Å². The summed E-state index contributed by atoms with van der Waals surface area (Å²) in [5, 5.41) is 5.10. The maximum Gasteiger partial charge on any atom is 0.254 e. The van der Waals surface area contributed by atoms with Crippen LogP contribution in [0.5, 0.6) is 0 Å². The number of carbonyl (C=O) groups excluding carboxylic acids is 2. The quantitative estimate of drug-likeness (QED) is 0.365. The number of carbonyl (C=O) groups is 2. The molecule has 0 spiro atoms. The zero-order valence-corrected chi connectivity index (χ0v) is 19.3. The van der Waals surface area contributed by atoms with Gasteiger partial charge in [-0.15, -0.1) is 34.8 Å². The van der Waals surface area contributed by atoms with Crippen molar-refractivity contribution in [2.45, 2.75) is 23.6 Å². The molecule has 0 bridgehead atoms. The van der Waals surface area contributed by atoms with E-state index in [-0.39, 0.29) is 21.8 Å². The number of rotatable bonds is 7. The van der Waals surface area contributed by atoms with Gasteiger partial charge in [0.05, 0.1) is 16.5 Å². The monoisotopic (exact) mass is 508 g/mol. The summed E-state index contributed by atoms with van der Waals surface area (Å²) in [6.07, 6.45) is 0.536. The zero-order valence-electron chi connectivity index (χ0n) is 16.2. The molecule has 1 aliphatic carbocycles. The van der Waals surface area contributed by atoms with Crippen molar-refractivity contribution in [2.75, 3.05) is 17.7 Å². The zero-order chi connectivity index (χ0) is 22.9. The number of aryl methyl sites for hydroxylation is 1. The minimum Gasteiger partial charge on any atom is -0.352 e. The van der Waals surface area contributed by atoms with Gasteiger partial charge in [0.15, 0.2) is 0 Å². The van der Waals surface area contributed by atoms with E-state index < -0.39 is 39.6 Å². The summed E-state index contributed by atoms with van der Waals surface area (Å²) >= 11 is 24.0. The third-order valence-electron chi connectivity index (χ3n) is 5.00. The lowest BCUT2D eigenvalue weighted by atomic mass is 10.1. The van der Waals surface area contributed by atoms with Crippen molar-refractivity contribution in [1.82, 2.24) is 5.32 Å². The standard InChI is InChI=1S/C21H18Cl4F2N2O2/c1-10-7-12(9-13(18(10)27)19(30)28-6-2-5-22)29-20(31)17-16(21(17,24)25)11-3-4-15(26)14(23)8-11/h3-4,7-9,16-17H,2,5-6H2,1H3,(H,28,30)(H,29,31). The predicted molar refractivity (Wildman–Crippen MR) is 120 cm³/mol. The van der Waals surface area contributed by atoms with Crippen molar-refractivity contribution in [3.8, 4) is 0 Å². The molecule has 166 valence electrons. The summed E-state index contributed by atoms with van der Waals surface area (Å²) in [6, 6.07) is 6.66. The number of amides is 2. The molecule has 2 N–H and O–H groups in total. The Morgan fingerprint density at radius 2 is 1.87 bits per heavy atom. The first kappa shape index (κ1) is 24.1. The van der Waals surface area contributed by atoms with Gasteiger partial charge in [-0.1, -0.05) is 17.7 Å². The molecule has 3 rings (SSSR count). The second-order valence-electron chi connectivity index (χ2n) is 7.25. The molecular weight excluding hydrogens is 492 g/mol. The fraction of sp³-hybridized carbons (Fsp3) is 0.333. The molecular formula is C21H18Cl4F2N2O2. The highest BCUT2D eigenvalue weighted by Gasteiger charge is 2.67. The highest BCUT2D eigenvalue weighted by molar-refractivity contribution is 6.53. The van der Waals surface area contributed by atoms with Crippen molar-refractivity contribution >= 4 is 63.9 Å². The molecule has 10 heteroatoms. The average molecular weight is 510 g/mol. The molecule has 0 aliphatic heterocycles. The Morgan fingerprint density at radius 3 is 2.52 bits per heavy atom. The van der Waals surface area contributed by atoms with E-state index >= 15 is 0 Å². The molecule has 1 saturated carbocycles. The minimum atomic E-state index is -1.41. The normalized spacial score (nSPS) is 19.1. The highest BCUT2D eigenvalue weighted by Crippen LogP contribution is 2.65. The Kier molecular flexibility index (Phi) is 7.36. The van der Waals surface area contributed by atoms with Gasteiger partial charge in [0.1, 0.15) is 16.0 Å². The van der Waals surface area contributed by atoms with Crippen LogP contribution < -0.4 is 10.6 Å². The van der Waals surface area contributed by atoms with Crippen LogP contribution in [0.3, 0.4) is 0 Å². The first-order valence-corrected chi connectivity index (χ1v) is 11.0. The molecule has 1 aliphatic rings. The number of hydrogen-bond acceptors (Lipinski definition) is 2.